The van der Waals surface area contributed by atoms with Crippen molar-refractivity contribution in [3.63, 3.8) is 0 Å². The largest absolute Gasteiger partial charge is 0.497 e. The molecule has 1 unspecified atom stereocenters. The normalized spacial score (nSPS) is 12.0. The molecule has 5 nitrogen and oxygen atoms in total. The third-order valence-corrected chi connectivity index (χ3v) is 4.94. The van der Waals surface area contributed by atoms with Gasteiger partial charge in [0.15, 0.2) is 0 Å². The van der Waals surface area contributed by atoms with E-state index in [0.29, 0.717) is 16.4 Å². The molecule has 0 spiro atoms. The van der Waals surface area contributed by atoms with E-state index in [9.17, 15) is 4.79 Å². The maximum Gasteiger partial charge on any atom is 0.261 e. The molecule has 2 aromatic heterocycles. The lowest BCUT2D eigenvalue weighted by Crippen LogP contribution is -2.25. The number of amides is 1. The number of rotatable bonds is 6. The summed E-state index contributed by atoms with van der Waals surface area (Å²) in [5.41, 5.74) is 2.01. The molecular formula is C18H18ClN3O2S. The van der Waals surface area contributed by atoms with Crippen molar-refractivity contribution in [1.82, 2.24) is 15.1 Å². The van der Waals surface area contributed by atoms with Gasteiger partial charge in [-0.15, -0.1) is 11.3 Å². The van der Waals surface area contributed by atoms with Crippen molar-refractivity contribution >= 4 is 28.8 Å². The lowest BCUT2D eigenvalue weighted by atomic mass is 10.1. The summed E-state index contributed by atoms with van der Waals surface area (Å²) >= 11 is 7.28. The van der Waals surface area contributed by atoms with E-state index >= 15 is 0 Å². The van der Waals surface area contributed by atoms with Gasteiger partial charge in [-0.25, -0.2) is 0 Å². The van der Waals surface area contributed by atoms with Crippen LogP contribution < -0.4 is 10.1 Å². The van der Waals surface area contributed by atoms with Crippen LogP contribution in [-0.4, -0.2) is 22.8 Å². The van der Waals surface area contributed by atoms with Crippen molar-refractivity contribution in [1.29, 1.82) is 0 Å². The van der Waals surface area contributed by atoms with E-state index in [1.54, 1.807) is 24.2 Å². The zero-order chi connectivity index (χ0) is 17.8. The van der Waals surface area contributed by atoms with Crippen LogP contribution in [0.15, 0.2) is 48.1 Å². The van der Waals surface area contributed by atoms with Crippen molar-refractivity contribution in [2.75, 3.05) is 7.11 Å². The Morgan fingerprint density at radius 2 is 2.28 bits per heavy atom. The minimum atomic E-state index is -0.113. The third kappa shape index (κ3) is 4.41. The summed E-state index contributed by atoms with van der Waals surface area (Å²) in [4.78, 5) is 13.1. The highest BCUT2D eigenvalue weighted by Crippen LogP contribution is 2.21. The molecule has 1 atom stereocenters. The molecule has 1 amide bonds. The van der Waals surface area contributed by atoms with Crippen LogP contribution in [0.25, 0.3) is 0 Å². The molecule has 0 saturated heterocycles. The van der Waals surface area contributed by atoms with Gasteiger partial charge in [0.1, 0.15) is 5.75 Å². The second kappa shape index (κ2) is 7.72. The van der Waals surface area contributed by atoms with Crippen molar-refractivity contribution in [2.24, 2.45) is 0 Å². The average molecular weight is 376 g/mol. The Kier molecular flexibility index (Phi) is 5.40. The fraction of sp³-hybridized carbons (Fsp3) is 0.222. The molecule has 3 rings (SSSR count). The molecule has 0 bridgehead atoms. The number of nitrogens with zero attached hydrogens (tertiary/aromatic N) is 2. The van der Waals surface area contributed by atoms with Gasteiger partial charge in [-0.3, -0.25) is 9.48 Å². The van der Waals surface area contributed by atoms with Gasteiger partial charge in [0.25, 0.3) is 5.91 Å². The topological polar surface area (TPSA) is 56.1 Å². The molecule has 0 aliphatic rings. The Morgan fingerprint density at radius 1 is 1.44 bits per heavy atom. The minimum absolute atomic E-state index is 0.0925. The lowest BCUT2D eigenvalue weighted by Gasteiger charge is -2.14. The van der Waals surface area contributed by atoms with Gasteiger partial charge >= 0.3 is 0 Å². The summed E-state index contributed by atoms with van der Waals surface area (Å²) in [6.45, 7) is 2.54. The predicted molar refractivity (Wildman–Crippen MR) is 99.5 cm³/mol. The molecule has 2 heterocycles. The maximum atomic E-state index is 12.5. The number of aromatic nitrogens is 2. The highest BCUT2D eigenvalue weighted by molar-refractivity contribution is 7.12. The SMILES string of the molecule is COc1cccc(C(C)NC(=O)c2cc(Cn3cc(Cl)cn3)cs2)c1. The van der Waals surface area contributed by atoms with Crippen molar-refractivity contribution in [3.8, 4) is 5.75 Å². The number of benzene rings is 1. The Bertz CT molecular complexity index is 875. The molecule has 1 aromatic carbocycles. The van der Waals surface area contributed by atoms with Crippen LogP contribution in [0.4, 0.5) is 0 Å². The van der Waals surface area contributed by atoms with Gasteiger partial charge in [-0.05, 0) is 41.6 Å². The highest BCUT2D eigenvalue weighted by atomic mass is 35.5. The number of halogens is 1. The van der Waals surface area contributed by atoms with Gasteiger partial charge in [-0.1, -0.05) is 23.7 Å². The standard InChI is InChI=1S/C18H18ClN3O2S/c1-12(14-4-3-5-16(7-14)24-2)21-18(23)17-6-13(11-25-17)9-22-10-15(19)8-20-22/h3-8,10-12H,9H2,1-2H3,(H,21,23). The first kappa shape index (κ1) is 17.5. The molecular weight excluding hydrogens is 358 g/mol. The zero-order valence-corrected chi connectivity index (χ0v) is 15.5. The first-order valence-corrected chi connectivity index (χ1v) is 9.01. The summed E-state index contributed by atoms with van der Waals surface area (Å²) in [6.07, 6.45) is 3.35. The number of hydrogen-bond donors (Lipinski definition) is 1. The van der Waals surface area contributed by atoms with Crippen LogP contribution in [0, 0.1) is 0 Å². The molecule has 3 aromatic rings. The average Bonchev–Trinajstić information content (AvgIpc) is 3.24. The van der Waals surface area contributed by atoms with E-state index < -0.39 is 0 Å². The summed E-state index contributed by atoms with van der Waals surface area (Å²) in [5, 5.41) is 9.72. The molecule has 25 heavy (non-hydrogen) atoms. The quantitative estimate of drug-likeness (QED) is 0.704. The van der Waals surface area contributed by atoms with Crippen molar-refractivity contribution in [2.45, 2.75) is 19.5 Å². The smallest absolute Gasteiger partial charge is 0.261 e. The Hall–Kier alpha value is -2.31. The van der Waals surface area contributed by atoms with E-state index in [0.717, 1.165) is 16.9 Å². The van der Waals surface area contributed by atoms with Crippen LogP contribution >= 0.6 is 22.9 Å². The Labute approximate surface area is 155 Å². The van der Waals surface area contributed by atoms with E-state index in [1.165, 1.54) is 11.3 Å². The molecule has 7 heteroatoms. The second-order valence-corrected chi connectivity index (χ2v) is 6.99. The monoisotopic (exact) mass is 375 g/mol. The van der Waals surface area contributed by atoms with Crippen LogP contribution in [-0.2, 0) is 6.54 Å². The fourth-order valence-corrected chi connectivity index (χ4v) is 3.41. The zero-order valence-electron chi connectivity index (χ0n) is 13.9. The predicted octanol–water partition coefficient (Wildman–Crippen LogP) is 4.15. The van der Waals surface area contributed by atoms with E-state index in [1.807, 2.05) is 42.6 Å². The van der Waals surface area contributed by atoms with E-state index in [-0.39, 0.29) is 11.9 Å². The molecule has 0 fully saturated rings. The van der Waals surface area contributed by atoms with Crippen LogP contribution in [0.3, 0.4) is 0 Å². The molecule has 1 N–H and O–H groups in total. The molecule has 130 valence electrons. The summed E-state index contributed by atoms with van der Waals surface area (Å²) in [7, 11) is 1.63. The summed E-state index contributed by atoms with van der Waals surface area (Å²) < 4.78 is 6.97. The molecule has 0 radical (unpaired) electrons. The first-order chi connectivity index (χ1) is 12.0. The number of carbonyl (C=O) groups excluding carboxylic acids is 1. The van der Waals surface area contributed by atoms with Crippen LogP contribution in [0.5, 0.6) is 5.75 Å². The lowest BCUT2D eigenvalue weighted by molar-refractivity contribution is 0.0944. The number of hydrogen-bond acceptors (Lipinski definition) is 4. The number of nitrogens with one attached hydrogen (secondary N) is 1. The van der Waals surface area contributed by atoms with E-state index in [2.05, 4.69) is 10.4 Å². The van der Waals surface area contributed by atoms with E-state index in [4.69, 9.17) is 16.3 Å². The fourth-order valence-electron chi connectivity index (χ4n) is 2.45. The van der Waals surface area contributed by atoms with Gasteiger partial charge in [-0.2, -0.15) is 5.10 Å². The summed E-state index contributed by atoms with van der Waals surface area (Å²) in [6, 6.07) is 9.45. The molecule has 0 aliphatic carbocycles. The minimum Gasteiger partial charge on any atom is -0.497 e. The van der Waals surface area contributed by atoms with Gasteiger partial charge in [0.2, 0.25) is 0 Å². The van der Waals surface area contributed by atoms with Gasteiger partial charge in [0.05, 0.1) is 35.8 Å². The number of carbonyl (C=O) groups is 1. The highest BCUT2D eigenvalue weighted by Gasteiger charge is 2.14. The van der Waals surface area contributed by atoms with Gasteiger partial charge in [0, 0.05) is 6.20 Å². The van der Waals surface area contributed by atoms with Crippen molar-refractivity contribution in [3.05, 3.63) is 69.1 Å². The number of thiophene rings is 1. The summed E-state index contributed by atoms with van der Waals surface area (Å²) in [5.74, 6) is 0.681. The maximum absolute atomic E-state index is 12.5. The van der Waals surface area contributed by atoms with Crippen LogP contribution in [0.2, 0.25) is 5.02 Å². The van der Waals surface area contributed by atoms with Crippen molar-refractivity contribution < 1.29 is 9.53 Å². The third-order valence-electron chi connectivity index (χ3n) is 3.77. The first-order valence-electron chi connectivity index (χ1n) is 7.75. The second-order valence-electron chi connectivity index (χ2n) is 5.65. The number of methoxy groups -OCH3 is 1. The Morgan fingerprint density at radius 3 is 3.00 bits per heavy atom. The molecule has 0 saturated carbocycles. The Balaban J connectivity index is 1.64. The molecule has 0 aliphatic heterocycles. The van der Waals surface area contributed by atoms with Crippen LogP contribution in [0.1, 0.15) is 33.8 Å². The number of ether oxygens (including phenoxy) is 1. The van der Waals surface area contributed by atoms with Gasteiger partial charge < -0.3 is 10.1 Å².